The van der Waals surface area contributed by atoms with Gasteiger partial charge in [0.15, 0.2) is 11.5 Å². The SMILES string of the molecule is Cc1cc([S+]2CCCCCC2)cc(C)c1OCC(=O)OC(C)(C)c1ccncc1. The molecule has 0 atom stereocenters. The maximum absolute atomic E-state index is 12.4. The van der Waals surface area contributed by atoms with Gasteiger partial charge >= 0.3 is 5.97 Å². The van der Waals surface area contributed by atoms with Crippen molar-refractivity contribution in [3.8, 4) is 5.75 Å². The molecule has 4 nitrogen and oxygen atoms in total. The van der Waals surface area contributed by atoms with Crippen molar-refractivity contribution in [3.05, 3.63) is 53.3 Å². The van der Waals surface area contributed by atoms with Crippen molar-refractivity contribution in [2.75, 3.05) is 18.1 Å². The van der Waals surface area contributed by atoms with E-state index in [9.17, 15) is 4.79 Å². The van der Waals surface area contributed by atoms with Crippen LogP contribution in [-0.4, -0.2) is 29.1 Å². The lowest BCUT2D eigenvalue weighted by atomic mass is 9.99. The highest BCUT2D eigenvalue weighted by atomic mass is 32.2. The van der Waals surface area contributed by atoms with Crippen LogP contribution in [0.3, 0.4) is 0 Å². The fourth-order valence-electron chi connectivity index (χ4n) is 3.81. The molecule has 29 heavy (non-hydrogen) atoms. The maximum Gasteiger partial charge on any atom is 0.345 e. The number of benzene rings is 1. The predicted octanol–water partition coefficient (Wildman–Crippen LogP) is 5.11. The van der Waals surface area contributed by atoms with Gasteiger partial charge in [0.05, 0.1) is 0 Å². The van der Waals surface area contributed by atoms with Gasteiger partial charge in [-0.15, -0.1) is 0 Å². The summed E-state index contributed by atoms with van der Waals surface area (Å²) in [6, 6.07) is 8.22. The zero-order valence-electron chi connectivity index (χ0n) is 18.0. The summed E-state index contributed by atoms with van der Waals surface area (Å²) in [6.45, 7) is 7.79. The number of rotatable bonds is 6. The first-order valence-corrected chi connectivity index (χ1v) is 12.0. The zero-order valence-corrected chi connectivity index (χ0v) is 18.8. The molecule has 0 unspecified atom stereocenters. The molecule has 0 bridgehead atoms. The van der Waals surface area contributed by atoms with Gasteiger partial charge in [-0.1, -0.05) is 0 Å². The molecule has 0 amide bonds. The summed E-state index contributed by atoms with van der Waals surface area (Å²) in [6.07, 6.45) is 8.79. The van der Waals surface area contributed by atoms with Crippen LogP contribution in [-0.2, 0) is 26.0 Å². The van der Waals surface area contributed by atoms with Gasteiger partial charge in [-0.2, -0.15) is 0 Å². The predicted molar refractivity (Wildman–Crippen MR) is 119 cm³/mol. The maximum atomic E-state index is 12.4. The van der Waals surface area contributed by atoms with Crippen LogP contribution in [0.15, 0.2) is 41.6 Å². The van der Waals surface area contributed by atoms with Crippen LogP contribution < -0.4 is 4.74 Å². The molecule has 1 aromatic carbocycles. The second kappa shape index (κ2) is 9.66. The number of nitrogens with zero attached hydrogens (tertiary/aromatic N) is 1. The number of hydrogen-bond donors (Lipinski definition) is 0. The van der Waals surface area contributed by atoms with Gasteiger partial charge in [0.2, 0.25) is 0 Å². The van der Waals surface area contributed by atoms with E-state index in [1.807, 2.05) is 26.0 Å². The fraction of sp³-hybridized carbons (Fsp3) is 0.500. The minimum absolute atomic E-state index is 0.0960. The van der Waals surface area contributed by atoms with Crippen LogP contribution in [0.2, 0.25) is 0 Å². The van der Waals surface area contributed by atoms with Gasteiger partial charge < -0.3 is 9.47 Å². The first-order chi connectivity index (χ1) is 13.9. The number of pyridine rings is 1. The van der Waals surface area contributed by atoms with Crippen LogP contribution in [0.1, 0.15) is 56.2 Å². The number of hydrogen-bond acceptors (Lipinski definition) is 4. The smallest absolute Gasteiger partial charge is 0.345 e. The van der Waals surface area contributed by atoms with Gasteiger partial charge in [0, 0.05) is 23.3 Å². The molecule has 5 heteroatoms. The lowest BCUT2D eigenvalue weighted by Crippen LogP contribution is -2.28. The Morgan fingerprint density at radius 3 is 2.21 bits per heavy atom. The van der Waals surface area contributed by atoms with Crippen molar-refractivity contribution in [2.24, 2.45) is 0 Å². The lowest BCUT2D eigenvalue weighted by Gasteiger charge is -2.25. The van der Waals surface area contributed by atoms with Crippen LogP contribution in [0.25, 0.3) is 0 Å². The Hall–Kier alpha value is -2.01. The van der Waals surface area contributed by atoms with E-state index in [0.717, 1.165) is 22.4 Å². The number of esters is 1. The van der Waals surface area contributed by atoms with Gasteiger partial charge in [0.1, 0.15) is 22.9 Å². The van der Waals surface area contributed by atoms with E-state index < -0.39 is 5.60 Å². The number of aryl methyl sites for hydroxylation is 2. The molecule has 0 N–H and O–H groups in total. The third kappa shape index (κ3) is 5.75. The van der Waals surface area contributed by atoms with E-state index in [1.165, 1.54) is 42.1 Å². The van der Waals surface area contributed by atoms with Crippen molar-refractivity contribution in [2.45, 2.75) is 63.9 Å². The standard InChI is InChI=1S/C24H32NO3S/c1-18-15-21(29-13-7-5-6-8-14-29)16-19(2)23(18)27-17-22(26)28-24(3,4)20-9-11-25-12-10-20/h9-12,15-16H,5-8,13-14,17H2,1-4H3/q+1. The second-order valence-corrected chi connectivity index (χ2v) is 10.5. The Labute approximate surface area is 177 Å². The van der Waals surface area contributed by atoms with Crippen molar-refractivity contribution >= 4 is 16.9 Å². The van der Waals surface area contributed by atoms with Crippen LogP contribution in [0, 0.1) is 13.8 Å². The summed E-state index contributed by atoms with van der Waals surface area (Å²) in [7, 11) is 0.346. The lowest BCUT2D eigenvalue weighted by molar-refractivity contribution is -0.159. The van der Waals surface area contributed by atoms with Gasteiger partial charge in [-0.25, -0.2) is 4.79 Å². The Morgan fingerprint density at radius 2 is 1.62 bits per heavy atom. The Morgan fingerprint density at radius 1 is 1.03 bits per heavy atom. The summed E-state index contributed by atoms with van der Waals surface area (Å²) in [5.41, 5.74) is 2.37. The second-order valence-electron chi connectivity index (χ2n) is 8.21. The van der Waals surface area contributed by atoms with E-state index in [2.05, 4.69) is 31.0 Å². The molecule has 0 saturated carbocycles. The molecule has 0 aliphatic carbocycles. The topological polar surface area (TPSA) is 48.4 Å². The molecule has 0 radical (unpaired) electrons. The molecule has 156 valence electrons. The molecule has 1 aliphatic heterocycles. The van der Waals surface area contributed by atoms with Crippen LogP contribution in [0.5, 0.6) is 5.75 Å². The molecule has 1 aliphatic rings. The molecule has 2 heterocycles. The summed E-state index contributed by atoms with van der Waals surface area (Å²) in [5, 5.41) is 0. The Bertz CT molecular complexity index is 804. The Balaban J connectivity index is 1.63. The minimum Gasteiger partial charge on any atom is -0.481 e. The number of aromatic nitrogens is 1. The van der Waals surface area contributed by atoms with E-state index in [1.54, 1.807) is 12.4 Å². The van der Waals surface area contributed by atoms with E-state index in [0.29, 0.717) is 10.9 Å². The molecule has 0 spiro atoms. The van der Waals surface area contributed by atoms with E-state index in [-0.39, 0.29) is 12.6 Å². The van der Waals surface area contributed by atoms with Gasteiger partial charge in [0.25, 0.3) is 0 Å². The van der Waals surface area contributed by atoms with Gasteiger partial charge in [-0.05, 0) is 94.3 Å². The first-order valence-electron chi connectivity index (χ1n) is 10.4. The van der Waals surface area contributed by atoms with E-state index in [4.69, 9.17) is 9.47 Å². The fourth-order valence-corrected chi connectivity index (χ4v) is 6.27. The van der Waals surface area contributed by atoms with E-state index >= 15 is 0 Å². The van der Waals surface area contributed by atoms with Gasteiger partial charge in [-0.3, -0.25) is 4.98 Å². The molecule has 2 aromatic rings. The van der Waals surface area contributed by atoms with Crippen molar-refractivity contribution in [3.63, 3.8) is 0 Å². The summed E-state index contributed by atoms with van der Waals surface area (Å²) in [5.74, 6) is 3.02. The van der Waals surface area contributed by atoms with Crippen molar-refractivity contribution in [1.29, 1.82) is 0 Å². The highest BCUT2D eigenvalue weighted by Gasteiger charge is 2.27. The Kier molecular flexibility index (Phi) is 7.23. The molecule has 1 fully saturated rings. The van der Waals surface area contributed by atoms with Crippen molar-refractivity contribution < 1.29 is 14.3 Å². The number of carbonyl (C=O) groups excluding carboxylic acids is 1. The minimum atomic E-state index is -0.724. The molecule has 3 rings (SSSR count). The average molecular weight is 415 g/mol. The zero-order chi connectivity index (χ0) is 20.9. The highest BCUT2D eigenvalue weighted by Crippen LogP contribution is 2.30. The summed E-state index contributed by atoms with van der Waals surface area (Å²) in [4.78, 5) is 17.9. The third-order valence-electron chi connectivity index (χ3n) is 5.38. The molecular formula is C24H32NO3S+. The van der Waals surface area contributed by atoms with Crippen molar-refractivity contribution in [1.82, 2.24) is 4.98 Å². The quantitative estimate of drug-likeness (QED) is 0.487. The summed E-state index contributed by atoms with van der Waals surface area (Å²) < 4.78 is 11.6. The summed E-state index contributed by atoms with van der Waals surface area (Å²) >= 11 is 0. The third-order valence-corrected chi connectivity index (χ3v) is 7.84. The average Bonchev–Trinajstić information content (AvgIpc) is 2.97. The molecular weight excluding hydrogens is 382 g/mol. The monoisotopic (exact) mass is 414 g/mol. The van der Waals surface area contributed by atoms with Crippen LogP contribution in [0.4, 0.5) is 0 Å². The molecule has 1 saturated heterocycles. The first kappa shape index (κ1) is 21.7. The largest absolute Gasteiger partial charge is 0.481 e. The highest BCUT2D eigenvalue weighted by molar-refractivity contribution is 7.96. The molecule has 1 aromatic heterocycles. The number of carbonyl (C=O) groups is 1. The van der Waals surface area contributed by atoms with Crippen LogP contribution >= 0.6 is 0 Å². The normalized spacial score (nSPS) is 15.6. The number of ether oxygens (including phenoxy) is 2.